The van der Waals surface area contributed by atoms with Gasteiger partial charge in [-0.3, -0.25) is 9.59 Å². The molecule has 0 aromatic rings. The molecule has 0 bridgehead atoms. The number of carboxylic acids is 1. The van der Waals surface area contributed by atoms with Crippen molar-refractivity contribution in [1.29, 1.82) is 0 Å². The summed E-state index contributed by atoms with van der Waals surface area (Å²) in [7, 11) is 0. The molecule has 2 fully saturated rings. The Balaban J connectivity index is 1.94. The van der Waals surface area contributed by atoms with Gasteiger partial charge in [-0.2, -0.15) is 0 Å². The van der Waals surface area contributed by atoms with Gasteiger partial charge in [0.1, 0.15) is 11.8 Å². The number of carbonyl (C=O) groups is 2. The molecule has 1 aliphatic carbocycles. The number of hydrogen-bond donors (Lipinski definition) is 2. The quantitative estimate of drug-likeness (QED) is 0.709. The van der Waals surface area contributed by atoms with E-state index in [-0.39, 0.29) is 11.8 Å². The number of hydrogen-bond acceptors (Lipinski definition) is 3. The van der Waals surface area contributed by atoms with Gasteiger partial charge in [0.2, 0.25) is 0 Å². The molecule has 15 heavy (non-hydrogen) atoms. The third kappa shape index (κ3) is 2.20. The molecule has 1 saturated carbocycles. The Morgan fingerprint density at radius 2 is 2.20 bits per heavy atom. The van der Waals surface area contributed by atoms with Crippen LogP contribution in [0.25, 0.3) is 0 Å². The number of nitrogens with one attached hydrogen (secondary N) is 1. The minimum absolute atomic E-state index is 0.121. The van der Waals surface area contributed by atoms with E-state index in [9.17, 15) is 9.59 Å². The molecular formula is C11H17NO3. The van der Waals surface area contributed by atoms with Gasteiger partial charge in [0, 0.05) is 12.3 Å². The summed E-state index contributed by atoms with van der Waals surface area (Å²) in [6.07, 6.45) is 4.39. The average Bonchev–Trinajstić information content (AvgIpc) is 2.67. The van der Waals surface area contributed by atoms with Crippen LogP contribution < -0.4 is 5.32 Å². The maximum absolute atomic E-state index is 11.7. The highest BCUT2D eigenvalue weighted by Gasteiger charge is 2.37. The fraction of sp³-hybridized carbons (Fsp3) is 0.818. The first kappa shape index (κ1) is 10.6. The SMILES string of the molecule is O=C(O)C1CC(C2CCCCC2=O)CN1. The third-order valence-corrected chi connectivity index (χ3v) is 3.63. The third-order valence-electron chi connectivity index (χ3n) is 3.63. The van der Waals surface area contributed by atoms with E-state index in [1.54, 1.807) is 0 Å². The standard InChI is InChI=1S/C11H17NO3/c13-10-4-2-1-3-8(10)7-5-9(11(14)15)12-6-7/h7-9,12H,1-6H2,(H,14,15). The minimum atomic E-state index is -0.791. The molecule has 3 atom stereocenters. The molecule has 1 heterocycles. The molecule has 0 spiro atoms. The summed E-state index contributed by atoms with van der Waals surface area (Å²) in [6, 6.07) is -0.440. The molecule has 84 valence electrons. The second-order valence-electron chi connectivity index (χ2n) is 4.61. The van der Waals surface area contributed by atoms with Crippen LogP contribution in [0.15, 0.2) is 0 Å². The van der Waals surface area contributed by atoms with Crippen molar-refractivity contribution in [2.45, 2.75) is 38.1 Å². The first-order valence-corrected chi connectivity index (χ1v) is 5.67. The second kappa shape index (κ2) is 4.31. The van der Waals surface area contributed by atoms with E-state index >= 15 is 0 Å². The maximum Gasteiger partial charge on any atom is 0.320 e. The molecule has 0 aromatic carbocycles. The Labute approximate surface area is 89.0 Å². The van der Waals surface area contributed by atoms with Gasteiger partial charge >= 0.3 is 5.97 Å². The molecule has 3 unspecified atom stereocenters. The molecule has 0 amide bonds. The molecule has 1 saturated heterocycles. The summed E-state index contributed by atoms with van der Waals surface area (Å²) in [5.74, 6) is -0.0747. The lowest BCUT2D eigenvalue weighted by Crippen LogP contribution is -2.30. The fourth-order valence-electron chi connectivity index (χ4n) is 2.77. The van der Waals surface area contributed by atoms with Crippen molar-refractivity contribution in [1.82, 2.24) is 5.32 Å². The van der Waals surface area contributed by atoms with Gasteiger partial charge in [0.25, 0.3) is 0 Å². The van der Waals surface area contributed by atoms with Crippen LogP contribution in [0, 0.1) is 11.8 Å². The van der Waals surface area contributed by atoms with E-state index in [1.807, 2.05) is 0 Å². The van der Waals surface area contributed by atoms with Gasteiger partial charge in [0.05, 0.1) is 0 Å². The molecule has 2 N–H and O–H groups in total. The molecule has 0 radical (unpaired) electrons. The predicted octanol–water partition coefficient (Wildman–Crippen LogP) is 0.808. The topological polar surface area (TPSA) is 66.4 Å². The molecule has 0 aromatic heterocycles. The normalized spacial score (nSPS) is 36.8. The summed E-state index contributed by atoms with van der Waals surface area (Å²) in [6.45, 7) is 0.688. The predicted molar refractivity (Wildman–Crippen MR) is 54.5 cm³/mol. The lowest BCUT2D eigenvalue weighted by Gasteiger charge is -2.25. The van der Waals surface area contributed by atoms with E-state index in [1.165, 1.54) is 0 Å². The molecule has 2 aliphatic rings. The van der Waals surface area contributed by atoms with Crippen LogP contribution in [0.5, 0.6) is 0 Å². The molecular weight excluding hydrogens is 194 g/mol. The summed E-state index contributed by atoms with van der Waals surface area (Å²) in [5, 5.41) is 11.8. The number of rotatable bonds is 2. The Hall–Kier alpha value is -0.900. The lowest BCUT2D eigenvalue weighted by atomic mass is 9.78. The van der Waals surface area contributed by atoms with Crippen molar-refractivity contribution in [3.05, 3.63) is 0 Å². The first-order chi connectivity index (χ1) is 7.18. The highest BCUT2D eigenvalue weighted by Crippen LogP contribution is 2.32. The fourth-order valence-corrected chi connectivity index (χ4v) is 2.77. The van der Waals surface area contributed by atoms with Crippen LogP contribution in [0.4, 0.5) is 0 Å². The van der Waals surface area contributed by atoms with Crippen molar-refractivity contribution < 1.29 is 14.7 Å². The minimum Gasteiger partial charge on any atom is -0.480 e. The number of aliphatic carboxylic acids is 1. The smallest absolute Gasteiger partial charge is 0.320 e. The molecule has 1 aliphatic heterocycles. The van der Waals surface area contributed by atoms with Gasteiger partial charge in [-0.15, -0.1) is 0 Å². The van der Waals surface area contributed by atoms with Crippen molar-refractivity contribution >= 4 is 11.8 Å². The highest BCUT2D eigenvalue weighted by molar-refractivity contribution is 5.82. The first-order valence-electron chi connectivity index (χ1n) is 5.67. The Morgan fingerprint density at radius 3 is 2.80 bits per heavy atom. The van der Waals surface area contributed by atoms with Crippen LogP contribution >= 0.6 is 0 Å². The summed E-state index contributed by atoms with van der Waals surface area (Å²) in [5.41, 5.74) is 0. The zero-order chi connectivity index (χ0) is 10.8. The van der Waals surface area contributed by atoms with Gasteiger partial charge in [-0.1, -0.05) is 6.42 Å². The van der Waals surface area contributed by atoms with Crippen molar-refractivity contribution in [2.24, 2.45) is 11.8 Å². The largest absolute Gasteiger partial charge is 0.480 e. The molecule has 2 rings (SSSR count). The van der Waals surface area contributed by atoms with Gasteiger partial charge in [-0.05, 0) is 31.7 Å². The van der Waals surface area contributed by atoms with Crippen LogP contribution in [0.3, 0.4) is 0 Å². The van der Waals surface area contributed by atoms with Crippen LogP contribution in [0.1, 0.15) is 32.1 Å². The van der Waals surface area contributed by atoms with Gasteiger partial charge in [-0.25, -0.2) is 0 Å². The number of carboxylic acid groups (broad SMARTS) is 1. The van der Waals surface area contributed by atoms with Crippen molar-refractivity contribution in [3.8, 4) is 0 Å². The van der Waals surface area contributed by atoms with E-state index in [0.717, 1.165) is 19.3 Å². The zero-order valence-corrected chi connectivity index (χ0v) is 8.74. The van der Waals surface area contributed by atoms with Gasteiger partial charge < -0.3 is 10.4 Å². The van der Waals surface area contributed by atoms with Crippen molar-refractivity contribution in [2.75, 3.05) is 6.54 Å². The number of Topliss-reactive ketones (excluding diaryl/α,β-unsaturated/α-hetero) is 1. The zero-order valence-electron chi connectivity index (χ0n) is 8.74. The number of ketones is 1. The van der Waals surface area contributed by atoms with Crippen LogP contribution in [-0.4, -0.2) is 29.4 Å². The van der Waals surface area contributed by atoms with Crippen LogP contribution in [0.2, 0.25) is 0 Å². The second-order valence-corrected chi connectivity index (χ2v) is 4.61. The van der Waals surface area contributed by atoms with E-state index in [2.05, 4.69) is 5.32 Å². The molecule has 4 nitrogen and oxygen atoms in total. The van der Waals surface area contributed by atoms with Gasteiger partial charge in [0.15, 0.2) is 0 Å². The van der Waals surface area contributed by atoms with E-state index in [0.29, 0.717) is 25.2 Å². The summed E-state index contributed by atoms with van der Waals surface area (Å²) < 4.78 is 0. The monoisotopic (exact) mass is 211 g/mol. The van der Waals surface area contributed by atoms with Crippen LogP contribution in [-0.2, 0) is 9.59 Å². The summed E-state index contributed by atoms with van der Waals surface area (Å²) in [4.78, 5) is 22.4. The van der Waals surface area contributed by atoms with E-state index in [4.69, 9.17) is 5.11 Å². The maximum atomic E-state index is 11.7. The summed E-state index contributed by atoms with van der Waals surface area (Å²) >= 11 is 0. The number of carbonyl (C=O) groups excluding carboxylic acids is 1. The van der Waals surface area contributed by atoms with E-state index < -0.39 is 12.0 Å². The van der Waals surface area contributed by atoms with Crippen molar-refractivity contribution in [3.63, 3.8) is 0 Å². The Kier molecular flexibility index (Phi) is 3.05. The lowest BCUT2D eigenvalue weighted by molar-refractivity contribution is -0.139. The average molecular weight is 211 g/mol. The Morgan fingerprint density at radius 1 is 1.40 bits per heavy atom. The highest BCUT2D eigenvalue weighted by atomic mass is 16.4. The Bertz CT molecular complexity index is 277. The molecule has 4 heteroatoms.